The fourth-order valence-corrected chi connectivity index (χ4v) is 4.36. The van der Waals surface area contributed by atoms with Gasteiger partial charge in [-0.15, -0.1) is 0 Å². The van der Waals surface area contributed by atoms with Crippen LogP contribution in [0.25, 0.3) is 0 Å². The zero-order chi connectivity index (χ0) is 20.4. The third kappa shape index (κ3) is 3.87. The monoisotopic (exact) mass is 408 g/mol. The van der Waals surface area contributed by atoms with E-state index in [1.54, 1.807) is 77.6 Å². The summed E-state index contributed by atoms with van der Waals surface area (Å²) in [5.74, 6) is 0.869. The summed E-state index contributed by atoms with van der Waals surface area (Å²) in [5, 5.41) is 10.5. The maximum absolute atomic E-state index is 12.8. The van der Waals surface area contributed by atoms with E-state index in [1.165, 1.54) is 6.26 Å². The average molecular weight is 408 g/mol. The van der Waals surface area contributed by atoms with Crippen molar-refractivity contribution >= 4 is 9.84 Å². The Kier molecular flexibility index (Phi) is 5.08. The van der Waals surface area contributed by atoms with Gasteiger partial charge in [0.2, 0.25) is 9.84 Å². The number of aryl methyl sites for hydroxylation is 1. The second kappa shape index (κ2) is 7.69. The molecule has 0 radical (unpaired) electrons. The van der Waals surface area contributed by atoms with Gasteiger partial charge in [-0.3, -0.25) is 0 Å². The summed E-state index contributed by atoms with van der Waals surface area (Å²) in [6, 6.07) is 16.9. The smallest absolute Gasteiger partial charge is 0.206 e. The van der Waals surface area contributed by atoms with Crippen molar-refractivity contribution < 1.29 is 17.9 Å². The van der Waals surface area contributed by atoms with Gasteiger partial charge >= 0.3 is 0 Å². The first-order valence-corrected chi connectivity index (χ1v) is 10.6. The minimum absolute atomic E-state index is 0.242. The number of benzene rings is 2. The summed E-state index contributed by atoms with van der Waals surface area (Å²) in [4.78, 5) is 4.74. The molecule has 0 spiro atoms. The molecular weight excluding hydrogens is 388 g/mol. The number of aromatic nitrogens is 2. The summed E-state index contributed by atoms with van der Waals surface area (Å²) in [6.07, 6.45) is 3.90. The minimum atomic E-state index is -3.56. The number of rotatable bonds is 6. The number of sulfone groups is 1. The van der Waals surface area contributed by atoms with Crippen molar-refractivity contribution in [2.45, 2.75) is 29.4 Å². The molecule has 1 atom stereocenters. The van der Waals surface area contributed by atoms with Gasteiger partial charge in [-0.25, -0.2) is 13.4 Å². The Hall–Kier alpha value is -3.16. The number of aliphatic hydroxyl groups excluding tert-OH is 1. The highest BCUT2D eigenvalue weighted by Crippen LogP contribution is 2.24. The highest BCUT2D eigenvalue weighted by molar-refractivity contribution is 7.91. The molecule has 0 aliphatic heterocycles. The molecule has 2 aromatic heterocycles. The fourth-order valence-electron chi connectivity index (χ4n) is 3.10. The van der Waals surface area contributed by atoms with Gasteiger partial charge in [0.15, 0.2) is 6.10 Å². The molecule has 29 heavy (non-hydrogen) atoms. The van der Waals surface area contributed by atoms with Gasteiger partial charge in [-0.2, -0.15) is 0 Å². The molecule has 0 saturated heterocycles. The van der Waals surface area contributed by atoms with Crippen LogP contribution in [0.2, 0.25) is 0 Å². The molecule has 1 N–H and O–H groups in total. The molecule has 148 valence electrons. The van der Waals surface area contributed by atoms with Gasteiger partial charge in [0.1, 0.15) is 11.6 Å². The van der Waals surface area contributed by atoms with E-state index < -0.39 is 15.9 Å². The Balaban J connectivity index is 1.55. The van der Waals surface area contributed by atoms with E-state index in [1.807, 2.05) is 6.92 Å². The minimum Gasteiger partial charge on any atom is -0.466 e. The second-order valence-corrected chi connectivity index (χ2v) is 8.74. The predicted octanol–water partition coefficient (Wildman–Crippen LogP) is 3.75. The van der Waals surface area contributed by atoms with Crippen LogP contribution in [0, 0.1) is 6.92 Å². The summed E-state index contributed by atoms with van der Waals surface area (Å²) < 4.78 is 32.6. The van der Waals surface area contributed by atoms with Crippen LogP contribution in [0.15, 0.2) is 93.5 Å². The quantitative estimate of drug-likeness (QED) is 0.525. The van der Waals surface area contributed by atoms with E-state index in [0.717, 1.165) is 11.1 Å². The van der Waals surface area contributed by atoms with Crippen LogP contribution in [0.3, 0.4) is 0 Å². The first-order valence-electron chi connectivity index (χ1n) is 9.08. The maximum atomic E-state index is 12.8. The molecule has 0 saturated carbocycles. The van der Waals surface area contributed by atoms with Gasteiger partial charge < -0.3 is 14.1 Å². The number of hydrogen-bond donors (Lipinski definition) is 1. The Bertz CT molecular complexity index is 1190. The molecule has 0 bridgehead atoms. The predicted molar refractivity (Wildman–Crippen MR) is 107 cm³/mol. The van der Waals surface area contributed by atoms with E-state index in [2.05, 4.69) is 4.98 Å². The van der Waals surface area contributed by atoms with Crippen LogP contribution < -0.4 is 0 Å². The van der Waals surface area contributed by atoms with Gasteiger partial charge in [-0.1, -0.05) is 29.8 Å². The molecule has 7 heteroatoms. The highest BCUT2D eigenvalue weighted by atomic mass is 32.2. The van der Waals surface area contributed by atoms with Crippen LogP contribution >= 0.6 is 0 Å². The van der Waals surface area contributed by atoms with Crippen molar-refractivity contribution in [3.05, 3.63) is 102 Å². The SMILES string of the molecule is Cc1ccc(S(=O)(=O)c2ccc(Cn3ccnc3[C@@H](O)c3ccco3)cc2)cc1. The Labute approximate surface area is 169 Å². The normalized spacial score (nSPS) is 12.8. The van der Waals surface area contributed by atoms with E-state index in [0.29, 0.717) is 18.1 Å². The van der Waals surface area contributed by atoms with Crippen LogP contribution in [0.4, 0.5) is 0 Å². The molecule has 0 aliphatic carbocycles. The van der Waals surface area contributed by atoms with Gasteiger partial charge in [-0.05, 0) is 48.9 Å². The van der Waals surface area contributed by atoms with Gasteiger partial charge in [0.05, 0.1) is 16.1 Å². The molecule has 0 aliphatic rings. The lowest BCUT2D eigenvalue weighted by Crippen LogP contribution is -2.10. The van der Waals surface area contributed by atoms with Gasteiger partial charge in [0.25, 0.3) is 0 Å². The Morgan fingerprint density at radius 2 is 1.69 bits per heavy atom. The summed E-state index contributed by atoms with van der Waals surface area (Å²) in [6.45, 7) is 2.36. The Morgan fingerprint density at radius 1 is 1.03 bits per heavy atom. The van der Waals surface area contributed by atoms with E-state index in [4.69, 9.17) is 4.42 Å². The zero-order valence-electron chi connectivity index (χ0n) is 15.8. The molecule has 4 rings (SSSR count). The molecule has 6 nitrogen and oxygen atoms in total. The third-order valence-corrected chi connectivity index (χ3v) is 6.51. The molecule has 0 fully saturated rings. The average Bonchev–Trinajstić information content (AvgIpc) is 3.41. The van der Waals surface area contributed by atoms with Crippen molar-refractivity contribution in [1.29, 1.82) is 0 Å². The first kappa shape index (κ1) is 19.2. The molecule has 4 aromatic rings. The summed E-state index contributed by atoms with van der Waals surface area (Å²) in [5.41, 5.74) is 1.89. The van der Waals surface area contributed by atoms with Crippen LogP contribution in [-0.4, -0.2) is 23.1 Å². The molecule has 2 aromatic carbocycles. The lowest BCUT2D eigenvalue weighted by atomic mass is 10.2. The topological polar surface area (TPSA) is 85.3 Å². The van der Waals surface area contributed by atoms with E-state index >= 15 is 0 Å². The number of hydrogen-bond acceptors (Lipinski definition) is 5. The Morgan fingerprint density at radius 3 is 2.31 bits per heavy atom. The number of nitrogens with zero attached hydrogens (tertiary/aromatic N) is 2. The van der Waals surface area contributed by atoms with Crippen LogP contribution in [-0.2, 0) is 16.4 Å². The van der Waals surface area contributed by atoms with Crippen molar-refractivity contribution in [1.82, 2.24) is 9.55 Å². The molecular formula is C22H20N2O4S. The van der Waals surface area contributed by atoms with Crippen molar-refractivity contribution in [3.8, 4) is 0 Å². The summed E-state index contributed by atoms with van der Waals surface area (Å²) >= 11 is 0. The van der Waals surface area contributed by atoms with E-state index in [9.17, 15) is 13.5 Å². The number of aliphatic hydroxyl groups is 1. The number of furan rings is 1. The zero-order valence-corrected chi connectivity index (χ0v) is 16.6. The lowest BCUT2D eigenvalue weighted by molar-refractivity contribution is 0.176. The third-order valence-electron chi connectivity index (χ3n) is 4.72. The highest BCUT2D eigenvalue weighted by Gasteiger charge is 2.20. The van der Waals surface area contributed by atoms with Gasteiger partial charge in [0, 0.05) is 18.9 Å². The largest absolute Gasteiger partial charge is 0.466 e. The van der Waals surface area contributed by atoms with Crippen LogP contribution in [0.1, 0.15) is 28.8 Å². The number of imidazole rings is 1. The van der Waals surface area contributed by atoms with Crippen LogP contribution in [0.5, 0.6) is 0 Å². The van der Waals surface area contributed by atoms with Crippen molar-refractivity contribution in [2.75, 3.05) is 0 Å². The van der Waals surface area contributed by atoms with Crippen molar-refractivity contribution in [3.63, 3.8) is 0 Å². The van der Waals surface area contributed by atoms with E-state index in [-0.39, 0.29) is 9.79 Å². The molecule has 2 heterocycles. The van der Waals surface area contributed by atoms with Crippen molar-refractivity contribution in [2.24, 2.45) is 0 Å². The molecule has 0 unspecified atom stereocenters. The molecule has 0 amide bonds. The fraction of sp³-hybridized carbons (Fsp3) is 0.136. The standard InChI is InChI=1S/C22H20N2O4S/c1-16-4-8-18(9-5-16)29(26,27)19-10-6-17(7-11-19)15-24-13-12-23-22(24)21(25)20-3-2-14-28-20/h2-14,21,25H,15H2,1H3/t21-/m0/s1. The second-order valence-electron chi connectivity index (χ2n) is 6.79. The lowest BCUT2D eigenvalue weighted by Gasteiger charge is -2.12. The summed E-state index contributed by atoms with van der Waals surface area (Å²) in [7, 11) is -3.56. The maximum Gasteiger partial charge on any atom is 0.206 e. The first-order chi connectivity index (χ1) is 13.9.